The van der Waals surface area contributed by atoms with Crippen LogP contribution in [0, 0.1) is 0 Å². The molecule has 1 aromatic heterocycles. The number of ether oxygens (including phenoxy) is 3. The predicted octanol–water partition coefficient (Wildman–Crippen LogP) is 2.59. The average Bonchev–Trinajstić information content (AvgIpc) is 3.17. The van der Waals surface area contributed by atoms with E-state index in [0.29, 0.717) is 31.9 Å². The Morgan fingerprint density at radius 3 is 2.34 bits per heavy atom. The van der Waals surface area contributed by atoms with Crippen LogP contribution in [-0.4, -0.2) is 37.3 Å². The fraction of sp³-hybridized carbons (Fsp3) is 0.231. The number of methoxy groups -OCH3 is 2. The maximum atomic E-state index is 13.6. The lowest BCUT2D eigenvalue weighted by molar-refractivity contribution is -0.139. The fourth-order valence-electron chi connectivity index (χ4n) is 3.88. The third-order valence-corrected chi connectivity index (χ3v) is 6.56. The van der Waals surface area contributed by atoms with Crippen molar-refractivity contribution in [2.75, 3.05) is 20.8 Å². The summed E-state index contributed by atoms with van der Waals surface area (Å²) in [4.78, 5) is 43.3. The number of fused-ring (bicyclic) bond motifs is 1. The van der Waals surface area contributed by atoms with E-state index in [-0.39, 0.29) is 12.2 Å². The van der Waals surface area contributed by atoms with Gasteiger partial charge in [0.1, 0.15) is 5.75 Å². The fourth-order valence-corrected chi connectivity index (χ4v) is 4.92. The van der Waals surface area contributed by atoms with E-state index in [9.17, 15) is 14.4 Å². The molecule has 180 valence electrons. The molecule has 2 aromatic carbocycles. The van der Waals surface area contributed by atoms with Crippen molar-refractivity contribution in [2.45, 2.75) is 19.9 Å². The molecule has 4 rings (SSSR count). The normalized spacial score (nSPS) is 15.3. The topological polar surface area (TPSA) is 96.2 Å². The summed E-state index contributed by atoms with van der Waals surface area (Å²) in [6.45, 7) is 3.68. The Morgan fingerprint density at radius 1 is 1.06 bits per heavy atom. The zero-order valence-electron chi connectivity index (χ0n) is 19.7. The van der Waals surface area contributed by atoms with Gasteiger partial charge in [0.25, 0.3) is 5.56 Å². The van der Waals surface area contributed by atoms with Crippen molar-refractivity contribution in [3.05, 3.63) is 96.2 Å². The molecule has 1 aliphatic rings. The molecular weight excluding hydrogens is 468 g/mol. The average molecular weight is 493 g/mol. The van der Waals surface area contributed by atoms with E-state index >= 15 is 0 Å². The molecule has 0 N–H and O–H groups in total. The van der Waals surface area contributed by atoms with Crippen LogP contribution in [-0.2, 0) is 14.3 Å². The van der Waals surface area contributed by atoms with Crippen LogP contribution in [0.5, 0.6) is 5.75 Å². The molecule has 0 aliphatic carbocycles. The Hall–Kier alpha value is -3.98. The second kappa shape index (κ2) is 10.1. The van der Waals surface area contributed by atoms with Gasteiger partial charge in [0.15, 0.2) is 4.80 Å². The minimum absolute atomic E-state index is 0.205. The highest BCUT2D eigenvalue weighted by molar-refractivity contribution is 7.07. The van der Waals surface area contributed by atoms with Gasteiger partial charge in [-0.05, 0) is 55.3 Å². The number of hydrogen-bond acceptors (Lipinski definition) is 8. The number of hydrogen-bond donors (Lipinski definition) is 0. The molecule has 8 nitrogen and oxygen atoms in total. The highest BCUT2D eigenvalue weighted by atomic mass is 32.1. The first-order chi connectivity index (χ1) is 16.9. The summed E-state index contributed by atoms with van der Waals surface area (Å²) >= 11 is 1.23. The van der Waals surface area contributed by atoms with Crippen molar-refractivity contribution in [2.24, 2.45) is 4.99 Å². The van der Waals surface area contributed by atoms with E-state index in [1.54, 1.807) is 63.4 Å². The maximum Gasteiger partial charge on any atom is 0.338 e. The molecule has 0 saturated heterocycles. The van der Waals surface area contributed by atoms with E-state index in [0.717, 1.165) is 11.1 Å². The van der Waals surface area contributed by atoms with Crippen molar-refractivity contribution in [1.29, 1.82) is 0 Å². The summed E-state index contributed by atoms with van der Waals surface area (Å²) in [5.74, 6) is -0.283. The van der Waals surface area contributed by atoms with E-state index in [1.807, 2.05) is 12.1 Å². The summed E-state index contributed by atoms with van der Waals surface area (Å²) in [6, 6.07) is 13.3. The molecule has 0 unspecified atom stereocenters. The van der Waals surface area contributed by atoms with Crippen molar-refractivity contribution >= 4 is 29.4 Å². The van der Waals surface area contributed by atoms with Gasteiger partial charge >= 0.3 is 11.9 Å². The second-order valence-electron chi connectivity index (χ2n) is 7.69. The minimum Gasteiger partial charge on any atom is -0.497 e. The van der Waals surface area contributed by atoms with Crippen LogP contribution in [0.1, 0.15) is 41.4 Å². The monoisotopic (exact) mass is 492 g/mol. The first-order valence-electron chi connectivity index (χ1n) is 10.9. The van der Waals surface area contributed by atoms with Crippen LogP contribution in [0.25, 0.3) is 6.08 Å². The Kier molecular flexibility index (Phi) is 6.97. The lowest BCUT2D eigenvalue weighted by Crippen LogP contribution is -2.39. The van der Waals surface area contributed by atoms with Crippen molar-refractivity contribution in [3.8, 4) is 5.75 Å². The molecule has 1 aliphatic heterocycles. The molecule has 0 amide bonds. The molecule has 35 heavy (non-hydrogen) atoms. The SMILES string of the molecule is CCOC(=O)C1=C(C)N=c2s/c(=C\c3ccc(C(=O)OC)cc3)c(=O)n2[C@@H]1c1ccc(OC)cc1. The Labute approximate surface area is 205 Å². The van der Waals surface area contributed by atoms with Gasteiger partial charge in [-0.25, -0.2) is 14.6 Å². The molecule has 0 spiro atoms. The Bertz CT molecular complexity index is 1480. The number of nitrogens with zero attached hydrogens (tertiary/aromatic N) is 2. The number of allylic oxidation sites excluding steroid dienone is 1. The van der Waals surface area contributed by atoms with Crippen LogP contribution in [0.15, 0.2) is 69.6 Å². The van der Waals surface area contributed by atoms with E-state index in [2.05, 4.69) is 4.99 Å². The number of esters is 2. The number of carbonyl (C=O) groups excluding carboxylic acids is 2. The molecule has 0 bridgehead atoms. The summed E-state index contributed by atoms with van der Waals surface area (Å²) in [6.07, 6.45) is 1.74. The van der Waals surface area contributed by atoms with Gasteiger partial charge in [0, 0.05) is 0 Å². The van der Waals surface area contributed by atoms with Gasteiger partial charge in [-0.2, -0.15) is 0 Å². The minimum atomic E-state index is -0.694. The first-order valence-corrected chi connectivity index (χ1v) is 11.7. The Morgan fingerprint density at radius 2 is 1.74 bits per heavy atom. The third-order valence-electron chi connectivity index (χ3n) is 5.58. The summed E-state index contributed by atoms with van der Waals surface area (Å²) in [5.41, 5.74) is 2.43. The van der Waals surface area contributed by atoms with E-state index in [1.165, 1.54) is 23.0 Å². The smallest absolute Gasteiger partial charge is 0.338 e. The maximum absolute atomic E-state index is 13.6. The van der Waals surface area contributed by atoms with Gasteiger partial charge in [0.2, 0.25) is 0 Å². The lowest BCUT2D eigenvalue weighted by atomic mass is 9.96. The Balaban J connectivity index is 1.87. The van der Waals surface area contributed by atoms with Gasteiger partial charge < -0.3 is 14.2 Å². The molecule has 1 atom stereocenters. The summed E-state index contributed by atoms with van der Waals surface area (Å²) in [7, 11) is 2.90. The number of carbonyl (C=O) groups is 2. The van der Waals surface area contributed by atoms with Crippen molar-refractivity contribution < 1.29 is 23.8 Å². The van der Waals surface area contributed by atoms with Crippen LogP contribution >= 0.6 is 11.3 Å². The third kappa shape index (κ3) is 4.67. The largest absolute Gasteiger partial charge is 0.497 e. The highest BCUT2D eigenvalue weighted by Gasteiger charge is 2.33. The molecule has 2 heterocycles. The van der Waals surface area contributed by atoms with Crippen molar-refractivity contribution in [1.82, 2.24) is 4.57 Å². The van der Waals surface area contributed by atoms with Crippen LogP contribution < -0.4 is 19.6 Å². The molecule has 9 heteroatoms. The van der Waals surface area contributed by atoms with E-state index < -0.39 is 18.0 Å². The quantitative estimate of drug-likeness (QED) is 0.491. The van der Waals surface area contributed by atoms with Gasteiger partial charge in [-0.1, -0.05) is 35.6 Å². The summed E-state index contributed by atoms with van der Waals surface area (Å²) < 4.78 is 17.3. The van der Waals surface area contributed by atoms with Gasteiger partial charge in [-0.3, -0.25) is 9.36 Å². The number of rotatable bonds is 6. The molecule has 0 saturated carbocycles. The first kappa shape index (κ1) is 24.2. The lowest BCUT2D eigenvalue weighted by Gasteiger charge is -2.24. The van der Waals surface area contributed by atoms with Crippen LogP contribution in [0.4, 0.5) is 0 Å². The standard InChI is InChI=1S/C26H24N2O6S/c1-5-34-25(31)21-15(2)27-26-28(22(21)17-10-12-19(32-3)13-11-17)23(29)20(35-26)14-16-6-8-18(9-7-16)24(30)33-4/h6-14,22H,5H2,1-4H3/b20-14-/t22-/m1/s1. The van der Waals surface area contributed by atoms with Crippen LogP contribution in [0.3, 0.4) is 0 Å². The zero-order valence-corrected chi connectivity index (χ0v) is 20.5. The number of benzene rings is 2. The van der Waals surface area contributed by atoms with Gasteiger partial charge in [0.05, 0.1) is 48.2 Å². The second-order valence-corrected chi connectivity index (χ2v) is 8.70. The van der Waals surface area contributed by atoms with E-state index in [4.69, 9.17) is 14.2 Å². The molecular formula is C26H24N2O6S. The number of aromatic nitrogens is 1. The molecule has 0 radical (unpaired) electrons. The number of thiazole rings is 1. The zero-order chi connectivity index (χ0) is 25.1. The van der Waals surface area contributed by atoms with Crippen molar-refractivity contribution in [3.63, 3.8) is 0 Å². The highest BCUT2D eigenvalue weighted by Crippen LogP contribution is 2.31. The predicted molar refractivity (Wildman–Crippen MR) is 131 cm³/mol. The van der Waals surface area contributed by atoms with Gasteiger partial charge in [-0.15, -0.1) is 0 Å². The summed E-state index contributed by atoms with van der Waals surface area (Å²) in [5, 5.41) is 0. The van der Waals surface area contributed by atoms with Crippen LogP contribution in [0.2, 0.25) is 0 Å². The molecule has 0 fully saturated rings. The molecule has 3 aromatic rings.